The summed E-state index contributed by atoms with van der Waals surface area (Å²) in [7, 11) is 3.89. The predicted octanol–water partition coefficient (Wildman–Crippen LogP) is 5.08. The van der Waals surface area contributed by atoms with Crippen LogP contribution in [0.25, 0.3) is 5.69 Å². The van der Waals surface area contributed by atoms with Crippen LogP contribution in [0.4, 0.5) is 18.9 Å². The SMILES string of the molecule is CCOC(=O)c1nn(-c2cnc(OC)nc2OC)c(C(F)(F)F)c1C(Nc1cc(Cl)c(=O)n(C)c1)c1ccc(Cl)cc1. The van der Waals surface area contributed by atoms with Crippen molar-refractivity contribution in [1.82, 2.24) is 24.3 Å². The third-order valence-corrected chi connectivity index (χ3v) is 6.44. The Kier molecular flexibility index (Phi) is 8.97. The number of carbonyl (C=O) groups is 1. The number of nitrogens with zero attached hydrogens (tertiary/aromatic N) is 5. The van der Waals surface area contributed by atoms with Crippen molar-refractivity contribution in [2.45, 2.75) is 19.1 Å². The van der Waals surface area contributed by atoms with E-state index in [9.17, 15) is 9.59 Å². The number of esters is 1. The van der Waals surface area contributed by atoms with E-state index in [0.717, 1.165) is 10.8 Å². The molecule has 1 N–H and O–H groups in total. The fourth-order valence-corrected chi connectivity index (χ4v) is 4.51. The first-order valence-electron chi connectivity index (χ1n) is 12.1. The fourth-order valence-electron chi connectivity index (χ4n) is 4.13. The largest absolute Gasteiger partial charge is 0.479 e. The summed E-state index contributed by atoms with van der Waals surface area (Å²) in [6, 6.07) is 5.60. The maximum absolute atomic E-state index is 15.1. The van der Waals surface area contributed by atoms with Crippen LogP contribution in [0.5, 0.6) is 11.9 Å². The Morgan fingerprint density at radius 3 is 2.40 bits per heavy atom. The summed E-state index contributed by atoms with van der Waals surface area (Å²) in [5.74, 6) is -1.43. The number of carbonyl (C=O) groups excluding carboxylic acids is 1. The quantitative estimate of drug-likeness (QED) is 0.253. The minimum Gasteiger partial charge on any atom is -0.479 e. The summed E-state index contributed by atoms with van der Waals surface area (Å²) < 4.78 is 62.1. The number of pyridine rings is 1. The van der Waals surface area contributed by atoms with Crippen molar-refractivity contribution < 1.29 is 32.2 Å². The number of halogens is 5. The van der Waals surface area contributed by atoms with Crippen LogP contribution in [0.2, 0.25) is 10.0 Å². The van der Waals surface area contributed by atoms with E-state index in [1.54, 1.807) is 0 Å². The van der Waals surface area contributed by atoms with Gasteiger partial charge in [-0.1, -0.05) is 35.3 Å². The summed E-state index contributed by atoms with van der Waals surface area (Å²) in [6.45, 7) is 1.36. The van der Waals surface area contributed by atoms with Crippen molar-refractivity contribution in [2.24, 2.45) is 7.05 Å². The van der Waals surface area contributed by atoms with E-state index in [-0.39, 0.29) is 40.5 Å². The summed E-state index contributed by atoms with van der Waals surface area (Å²) in [5, 5.41) is 7.16. The molecule has 0 bridgehead atoms. The number of nitrogens with one attached hydrogen (secondary N) is 1. The molecule has 0 aliphatic heterocycles. The molecule has 0 amide bonds. The number of hydrogen-bond donors (Lipinski definition) is 1. The van der Waals surface area contributed by atoms with Crippen LogP contribution in [0.15, 0.2) is 47.5 Å². The number of anilines is 1. The second kappa shape index (κ2) is 12.3. The number of methoxy groups -OCH3 is 2. The lowest BCUT2D eigenvalue weighted by atomic mass is 9.95. The van der Waals surface area contributed by atoms with Gasteiger partial charge in [0.15, 0.2) is 11.4 Å². The first-order valence-corrected chi connectivity index (χ1v) is 12.9. The molecule has 4 aromatic rings. The molecule has 4 rings (SSSR count). The molecule has 16 heteroatoms. The number of ether oxygens (including phenoxy) is 3. The molecule has 42 heavy (non-hydrogen) atoms. The van der Waals surface area contributed by atoms with Gasteiger partial charge in [-0.05, 0) is 30.7 Å². The van der Waals surface area contributed by atoms with Crippen LogP contribution in [0, 0.1) is 0 Å². The summed E-state index contributed by atoms with van der Waals surface area (Å²) in [5.41, 5.74) is -3.01. The van der Waals surface area contributed by atoms with Gasteiger partial charge in [-0.25, -0.2) is 14.5 Å². The summed E-state index contributed by atoms with van der Waals surface area (Å²) >= 11 is 12.2. The van der Waals surface area contributed by atoms with Crippen LogP contribution < -0.4 is 20.3 Å². The molecule has 0 aliphatic carbocycles. The third kappa shape index (κ3) is 6.14. The Morgan fingerprint density at radius 2 is 1.83 bits per heavy atom. The van der Waals surface area contributed by atoms with Gasteiger partial charge in [0, 0.05) is 23.8 Å². The highest BCUT2D eigenvalue weighted by Crippen LogP contribution is 2.42. The molecule has 3 heterocycles. The molecule has 0 radical (unpaired) electrons. The topological polar surface area (TPSA) is 122 Å². The Labute approximate surface area is 246 Å². The number of hydrogen-bond acceptors (Lipinski definition) is 9. The molecule has 11 nitrogen and oxygen atoms in total. The zero-order valence-electron chi connectivity index (χ0n) is 22.5. The molecule has 222 valence electrons. The lowest BCUT2D eigenvalue weighted by Crippen LogP contribution is -2.23. The number of aryl methyl sites for hydroxylation is 1. The molecule has 3 aromatic heterocycles. The zero-order chi connectivity index (χ0) is 30.8. The van der Waals surface area contributed by atoms with E-state index in [4.69, 9.17) is 37.4 Å². The van der Waals surface area contributed by atoms with Gasteiger partial charge in [0.2, 0.25) is 5.88 Å². The van der Waals surface area contributed by atoms with E-state index in [1.807, 2.05) is 0 Å². The minimum atomic E-state index is -5.09. The van der Waals surface area contributed by atoms with Crippen LogP contribution in [0.1, 0.15) is 40.3 Å². The van der Waals surface area contributed by atoms with Gasteiger partial charge in [0.25, 0.3) is 5.56 Å². The Bertz CT molecular complexity index is 1650. The molecule has 0 saturated carbocycles. The average molecular weight is 627 g/mol. The average Bonchev–Trinajstić information content (AvgIpc) is 3.36. The van der Waals surface area contributed by atoms with Crippen molar-refractivity contribution in [3.8, 4) is 17.6 Å². The molecule has 0 saturated heterocycles. The molecule has 1 aromatic carbocycles. The van der Waals surface area contributed by atoms with Crippen molar-refractivity contribution in [3.63, 3.8) is 0 Å². The minimum absolute atomic E-state index is 0.142. The molecule has 1 unspecified atom stereocenters. The number of aromatic nitrogens is 5. The standard InChI is InChI=1S/C26H23Cl2F3N6O5/c1-5-42-24(39)20-18(21(26(29,30)31)37(35-20)17-11-32-25(41-4)34-22(17)40-3)19(13-6-8-14(27)9-7-13)33-15-10-16(28)23(38)36(2)12-15/h6-12,19,33H,5H2,1-4H3. The monoisotopic (exact) mass is 626 g/mol. The number of benzene rings is 1. The molecule has 1 atom stereocenters. The Morgan fingerprint density at radius 1 is 1.14 bits per heavy atom. The third-order valence-electron chi connectivity index (χ3n) is 5.92. The second-order valence-corrected chi connectivity index (χ2v) is 9.46. The van der Waals surface area contributed by atoms with Crippen LogP contribution in [0.3, 0.4) is 0 Å². The highest BCUT2D eigenvalue weighted by Gasteiger charge is 2.45. The highest BCUT2D eigenvalue weighted by atomic mass is 35.5. The summed E-state index contributed by atoms with van der Waals surface area (Å²) in [4.78, 5) is 33.2. The first kappa shape index (κ1) is 30.7. The number of rotatable bonds is 9. The first-order chi connectivity index (χ1) is 19.9. The van der Waals surface area contributed by atoms with Gasteiger partial charge >= 0.3 is 18.2 Å². The normalized spacial score (nSPS) is 12.1. The van der Waals surface area contributed by atoms with Gasteiger partial charge in [-0.3, -0.25) is 4.79 Å². The Balaban J connectivity index is 2.09. The van der Waals surface area contributed by atoms with E-state index in [0.29, 0.717) is 9.70 Å². The second-order valence-electron chi connectivity index (χ2n) is 8.61. The van der Waals surface area contributed by atoms with Crippen molar-refractivity contribution >= 4 is 34.9 Å². The molecule has 0 fully saturated rings. The van der Waals surface area contributed by atoms with Crippen molar-refractivity contribution in [3.05, 3.63) is 85.6 Å². The van der Waals surface area contributed by atoms with Gasteiger partial charge in [-0.15, -0.1) is 0 Å². The lowest BCUT2D eigenvalue weighted by molar-refractivity contribution is -0.143. The van der Waals surface area contributed by atoms with E-state index in [2.05, 4.69) is 20.4 Å². The maximum Gasteiger partial charge on any atom is 0.433 e. The molecular weight excluding hydrogens is 604 g/mol. The lowest BCUT2D eigenvalue weighted by Gasteiger charge is -2.24. The van der Waals surface area contributed by atoms with Crippen LogP contribution in [-0.4, -0.2) is 51.1 Å². The summed E-state index contributed by atoms with van der Waals surface area (Å²) in [6.07, 6.45) is -2.73. The predicted molar refractivity (Wildman–Crippen MR) is 147 cm³/mol. The number of alkyl halides is 3. The highest BCUT2D eigenvalue weighted by molar-refractivity contribution is 6.30. The van der Waals surface area contributed by atoms with Crippen molar-refractivity contribution in [1.29, 1.82) is 0 Å². The van der Waals surface area contributed by atoms with Crippen LogP contribution in [-0.2, 0) is 18.0 Å². The molecule has 0 spiro atoms. The molecule has 0 aliphatic rings. The van der Waals surface area contributed by atoms with Gasteiger partial charge in [0.1, 0.15) is 10.7 Å². The maximum atomic E-state index is 15.1. The van der Waals surface area contributed by atoms with Crippen molar-refractivity contribution in [2.75, 3.05) is 26.1 Å². The van der Waals surface area contributed by atoms with E-state index >= 15 is 13.2 Å². The fraction of sp³-hybridized carbons (Fsp3) is 0.269. The van der Waals surface area contributed by atoms with Gasteiger partial charge in [-0.2, -0.15) is 23.3 Å². The molecular formula is C26H23Cl2F3N6O5. The smallest absolute Gasteiger partial charge is 0.433 e. The van der Waals surface area contributed by atoms with E-state index < -0.39 is 40.7 Å². The van der Waals surface area contributed by atoms with E-state index in [1.165, 1.54) is 64.7 Å². The zero-order valence-corrected chi connectivity index (χ0v) is 24.0. The van der Waals surface area contributed by atoms with Gasteiger partial charge in [0.05, 0.1) is 38.8 Å². The Hall–Kier alpha value is -4.30. The van der Waals surface area contributed by atoms with Crippen LogP contribution >= 0.6 is 23.2 Å². The van der Waals surface area contributed by atoms with Gasteiger partial charge < -0.3 is 24.1 Å².